The molecule has 0 bridgehead atoms. The fourth-order valence-electron chi connectivity index (χ4n) is 2.97. The Morgan fingerprint density at radius 2 is 1.63 bits per heavy atom. The maximum absolute atomic E-state index is 15.4. The van der Waals surface area contributed by atoms with E-state index in [1.165, 1.54) is 43.3 Å². The average Bonchev–Trinajstić information content (AvgIpc) is 2.70. The maximum atomic E-state index is 15.4. The summed E-state index contributed by atoms with van der Waals surface area (Å²) in [4.78, 5) is 24.5. The highest BCUT2D eigenvalue weighted by atomic mass is 35.5. The second-order valence-corrected chi connectivity index (χ2v) is 7.87. The number of halogens is 3. The Hall–Kier alpha value is -2.51. The monoisotopic (exact) mass is 440 g/mol. The summed E-state index contributed by atoms with van der Waals surface area (Å²) in [5, 5.41) is 20.2. The van der Waals surface area contributed by atoms with E-state index in [-0.39, 0.29) is 10.6 Å². The van der Waals surface area contributed by atoms with Gasteiger partial charge < -0.3 is 14.9 Å². The SMILES string of the molecule is CC(C)C(C)[C@](O)(C(=O)O)C(=O)OC(c1ccccc1)C(F)(F)c1cccc(Cl)c1. The van der Waals surface area contributed by atoms with Crippen LogP contribution in [-0.4, -0.2) is 27.8 Å². The van der Waals surface area contributed by atoms with Crippen LogP contribution in [-0.2, 0) is 20.2 Å². The van der Waals surface area contributed by atoms with E-state index in [0.29, 0.717) is 0 Å². The smallest absolute Gasteiger partial charge is 0.351 e. The van der Waals surface area contributed by atoms with Crippen LogP contribution in [0.15, 0.2) is 54.6 Å². The van der Waals surface area contributed by atoms with E-state index < -0.39 is 47.0 Å². The molecule has 0 radical (unpaired) electrons. The molecule has 0 aliphatic heterocycles. The average molecular weight is 441 g/mol. The molecule has 0 aromatic heterocycles. The molecule has 0 aliphatic rings. The molecule has 0 spiro atoms. The van der Waals surface area contributed by atoms with E-state index >= 15 is 8.78 Å². The van der Waals surface area contributed by atoms with Crippen molar-refractivity contribution in [2.45, 2.75) is 38.4 Å². The van der Waals surface area contributed by atoms with Crippen molar-refractivity contribution in [3.63, 3.8) is 0 Å². The molecule has 2 aromatic carbocycles. The minimum Gasteiger partial charge on any atom is -0.479 e. The highest BCUT2D eigenvalue weighted by molar-refractivity contribution is 6.30. The highest BCUT2D eigenvalue weighted by Gasteiger charge is 2.55. The lowest BCUT2D eigenvalue weighted by Crippen LogP contribution is -2.55. The second kappa shape index (κ2) is 9.10. The van der Waals surface area contributed by atoms with E-state index in [9.17, 15) is 19.8 Å². The van der Waals surface area contributed by atoms with Crippen molar-refractivity contribution in [2.24, 2.45) is 11.8 Å². The van der Waals surface area contributed by atoms with Crippen molar-refractivity contribution in [2.75, 3.05) is 0 Å². The summed E-state index contributed by atoms with van der Waals surface area (Å²) in [5.74, 6) is -8.83. The topological polar surface area (TPSA) is 83.8 Å². The number of aliphatic hydroxyl groups is 1. The zero-order valence-electron chi connectivity index (χ0n) is 16.7. The maximum Gasteiger partial charge on any atom is 0.351 e. The molecule has 0 fully saturated rings. The fraction of sp³-hybridized carbons (Fsp3) is 0.364. The third-order valence-corrected chi connectivity index (χ3v) is 5.40. The molecular weight excluding hydrogens is 418 g/mol. The number of carbonyl (C=O) groups excluding carboxylic acids is 1. The molecule has 2 rings (SSSR count). The van der Waals surface area contributed by atoms with E-state index in [2.05, 4.69) is 0 Å². The fourth-order valence-corrected chi connectivity index (χ4v) is 3.16. The molecular formula is C22H23ClF2O5. The zero-order valence-corrected chi connectivity index (χ0v) is 17.4. The predicted octanol–water partition coefficient (Wildman–Crippen LogP) is 4.82. The lowest BCUT2D eigenvalue weighted by atomic mass is 9.81. The van der Waals surface area contributed by atoms with Crippen molar-refractivity contribution in [1.82, 2.24) is 0 Å². The van der Waals surface area contributed by atoms with Gasteiger partial charge in [-0.1, -0.05) is 74.8 Å². The summed E-state index contributed by atoms with van der Waals surface area (Å²) in [5.41, 5.74) is -3.58. The number of ether oxygens (including phenoxy) is 1. The largest absolute Gasteiger partial charge is 0.479 e. The van der Waals surface area contributed by atoms with Crippen molar-refractivity contribution < 1.29 is 33.3 Å². The Morgan fingerprint density at radius 3 is 2.13 bits per heavy atom. The van der Waals surface area contributed by atoms with Gasteiger partial charge in [-0.3, -0.25) is 0 Å². The number of benzene rings is 2. The summed E-state index contributed by atoms with van der Waals surface area (Å²) in [6.45, 7) is 4.54. The van der Waals surface area contributed by atoms with Crippen LogP contribution in [0.3, 0.4) is 0 Å². The number of aliphatic carboxylic acids is 1. The minimum atomic E-state index is -3.76. The van der Waals surface area contributed by atoms with Crippen molar-refractivity contribution in [1.29, 1.82) is 0 Å². The molecule has 2 N–H and O–H groups in total. The van der Waals surface area contributed by atoms with Crippen LogP contribution in [0.2, 0.25) is 5.02 Å². The lowest BCUT2D eigenvalue weighted by molar-refractivity contribution is -0.208. The number of carbonyl (C=O) groups is 2. The quantitative estimate of drug-likeness (QED) is 0.454. The van der Waals surface area contributed by atoms with Gasteiger partial charge in [0.15, 0.2) is 6.10 Å². The van der Waals surface area contributed by atoms with Gasteiger partial charge in [-0.2, -0.15) is 8.78 Å². The van der Waals surface area contributed by atoms with E-state index in [1.807, 2.05) is 0 Å². The van der Waals surface area contributed by atoms with Crippen molar-refractivity contribution >= 4 is 23.5 Å². The molecule has 2 aromatic rings. The number of alkyl halides is 2. The van der Waals surface area contributed by atoms with Gasteiger partial charge in [0, 0.05) is 16.5 Å². The van der Waals surface area contributed by atoms with Gasteiger partial charge in [0.2, 0.25) is 0 Å². The van der Waals surface area contributed by atoms with Gasteiger partial charge in [-0.25, -0.2) is 9.59 Å². The van der Waals surface area contributed by atoms with Gasteiger partial charge in [0.25, 0.3) is 5.60 Å². The zero-order chi connectivity index (χ0) is 22.7. The van der Waals surface area contributed by atoms with Crippen LogP contribution in [0.5, 0.6) is 0 Å². The Balaban J connectivity index is 2.54. The van der Waals surface area contributed by atoms with Crippen LogP contribution in [0.1, 0.15) is 38.0 Å². The Bertz CT molecular complexity index is 903. The Morgan fingerprint density at radius 1 is 1.03 bits per heavy atom. The predicted molar refractivity (Wildman–Crippen MR) is 107 cm³/mol. The number of hydrogen-bond donors (Lipinski definition) is 2. The van der Waals surface area contributed by atoms with E-state index in [1.54, 1.807) is 19.9 Å². The lowest BCUT2D eigenvalue weighted by Gasteiger charge is -2.34. The van der Waals surface area contributed by atoms with Crippen molar-refractivity contribution in [3.8, 4) is 0 Å². The molecule has 162 valence electrons. The molecule has 0 aliphatic carbocycles. The molecule has 0 saturated carbocycles. The molecule has 0 amide bonds. The number of carboxylic acid groups (broad SMARTS) is 1. The first-order valence-corrected chi connectivity index (χ1v) is 9.65. The first kappa shape index (κ1) is 23.8. The van der Waals surface area contributed by atoms with Crippen LogP contribution >= 0.6 is 11.6 Å². The van der Waals surface area contributed by atoms with Gasteiger partial charge in [-0.05, 0) is 23.6 Å². The minimum absolute atomic E-state index is 0.0563. The first-order valence-electron chi connectivity index (χ1n) is 9.28. The molecule has 3 atom stereocenters. The summed E-state index contributed by atoms with van der Waals surface area (Å²) in [7, 11) is 0. The van der Waals surface area contributed by atoms with Gasteiger partial charge in [-0.15, -0.1) is 0 Å². The van der Waals surface area contributed by atoms with E-state index in [0.717, 1.165) is 12.1 Å². The molecule has 2 unspecified atom stereocenters. The standard InChI is InChI=1S/C22H23ClF2O5/c1-13(2)14(3)21(29,19(26)27)20(28)30-18(15-8-5-4-6-9-15)22(24,25)16-10-7-11-17(23)12-16/h4-14,18,29H,1-3H3,(H,26,27)/t14?,18?,21-/m0/s1. The molecule has 30 heavy (non-hydrogen) atoms. The normalized spacial score (nSPS) is 15.9. The second-order valence-electron chi connectivity index (χ2n) is 7.43. The Labute approximate surface area is 178 Å². The summed E-state index contributed by atoms with van der Waals surface area (Å²) < 4.78 is 35.9. The van der Waals surface area contributed by atoms with Gasteiger partial charge in [0.1, 0.15) is 0 Å². The third-order valence-electron chi connectivity index (χ3n) is 5.16. The third kappa shape index (κ3) is 4.63. The molecule has 5 nitrogen and oxygen atoms in total. The van der Waals surface area contributed by atoms with Crippen LogP contribution < -0.4 is 0 Å². The van der Waals surface area contributed by atoms with Crippen LogP contribution in [0, 0.1) is 11.8 Å². The summed E-state index contributed by atoms with van der Waals surface area (Å²) in [6, 6.07) is 12.1. The highest BCUT2D eigenvalue weighted by Crippen LogP contribution is 2.44. The first-order chi connectivity index (χ1) is 13.9. The summed E-state index contributed by atoms with van der Waals surface area (Å²) >= 11 is 5.84. The summed E-state index contributed by atoms with van der Waals surface area (Å²) in [6.07, 6.45) is -2.19. The number of carboxylic acids is 1. The Kier molecular flexibility index (Phi) is 7.21. The molecule has 0 saturated heterocycles. The van der Waals surface area contributed by atoms with Crippen LogP contribution in [0.4, 0.5) is 8.78 Å². The molecule has 8 heteroatoms. The van der Waals surface area contributed by atoms with Crippen LogP contribution in [0.25, 0.3) is 0 Å². The van der Waals surface area contributed by atoms with Crippen molar-refractivity contribution in [3.05, 3.63) is 70.7 Å². The van der Waals surface area contributed by atoms with Gasteiger partial charge >= 0.3 is 17.9 Å². The number of rotatable bonds is 8. The van der Waals surface area contributed by atoms with Gasteiger partial charge in [0.05, 0.1) is 0 Å². The number of esters is 1. The molecule has 0 heterocycles. The number of hydrogen-bond acceptors (Lipinski definition) is 4. The van der Waals surface area contributed by atoms with E-state index in [4.69, 9.17) is 16.3 Å².